The molecule has 1 aliphatic heterocycles. The van der Waals surface area contributed by atoms with Gasteiger partial charge in [0.25, 0.3) is 0 Å². The molecule has 0 aromatic carbocycles. The number of carbonyl (C=O) groups excluding carboxylic acids is 1. The Morgan fingerprint density at radius 3 is 2.43 bits per heavy atom. The minimum Gasteiger partial charge on any atom is -0.357 e. The summed E-state index contributed by atoms with van der Waals surface area (Å²) in [6, 6.07) is 3.90. The number of pyridine rings is 1. The number of hydrogen-bond acceptors (Lipinski definition) is 3. The van der Waals surface area contributed by atoms with Gasteiger partial charge >= 0.3 is 6.18 Å². The number of amides is 1. The van der Waals surface area contributed by atoms with E-state index < -0.39 is 11.9 Å². The molecule has 2 heterocycles. The van der Waals surface area contributed by atoms with Crippen molar-refractivity contribution in [2.45, 2.75) is 19.0 Å². The van der Waals surface area contributed by atoms with E-state index in [0.29, 0.717) is 31.7 Å². The van der Waals surface area contributed by atoms with E-state index in [2.05, 4.69) is 4.98 Å². The second-order valence-electron chi connectivity index (χ2n) is 5.37. The second kappa shape index (κ2) is 5.91. The van der Waals surface area contributed by atoms with Crippen molar-refractivity contribution >= 4 is 11.7 Å². The van der Waals surface area contributed by atoms with E-state index in [1.54, 1.807) is 30.0 Å². The van der Waals surface area contributed by atoms with Crippen molar-refractivity contribution in [2.75, 3.05) is 32.1 Å². The summed E-state index contributed by atoms with van der Waals surface area (Å²) < 4.78 is 38.0. The van der Waals surface area contributed by atoms with Gasteiger partial charge in [-0.2, -0.15) is 13.2 Å². The Kier molecular flexibility index (Phi) is 4.39. The molecule has 1 amide bonds. The number of aromatic nitrogens is 1. The van der Waals surface area contributed by atoms with Crippen molar-refractivity contribution in [1.29, 1.82) is 0 Å². The van der Waals surface area contributed by atoms with Crippen LogP contribution in [0.15, 0.2) is 18.2 Å². The van der Waals surface area contributed by atoms with E-state index in [-0.39, 0.29) is 11.8 Å². The Morgan fingerprint density at radius 2 is 1.90 bits per heavy atom. The van der Waals surface area contributed by atoms with E-state index in [1.165, 1.54) is 6.07 Å². The first kappa shape index (κ1) is 15.6. The van der Waals surface area contributed by atoms with Gasteiger partial charge < -0.3 is 9.80 Å². The molecule has 7 heteroatoms. The molecule has 1 fully saturated rings. The Bertz CT molecular complexity index is 508. The molecular formula is C14H18F3N3O. The van der Waals surface area contributed by atoms with Crippen LogP contribution in [0.4, 0.5) is 19.0 Å². The first-order valence-corrected chi connectivity index (χ1v) is 6.79. The van der Waals surface area contributed by atoms with Crippen LogP contribution in [0.2, 0.25) is 0 Å². The number of alkyl halides is 3. The number of halogens is 3. The summed E-state index contributed by atoms with van der Waals surface area (Å²) in [6.45, 7) is 1.08. The van der Waals surface area contributed by atoms with Crippen LogP contribution in [0.3, 0.4) is 0 Å². The maximum atomic E-state index is 12.7. The fourth-order valence-corrected chi connectivity index (χ4v) is 2.48. The first-order chi connectivity index (χ1) is 9.79. The summed E-state index contributed by atoms with van der Waals surface area (Å²) in [5, 5.41) is 0. The Morgan fingerprint density at radius 1 is 1.29 bits per heavy atom. The first-order valence-electron chi connectivity index (χ1n) is 6.79. The summed E-state index contributed by atoms with van der Waals surface area (Å²) in [4.78, 5) is 18.9. The highest BCUT2D eigenvalue weighted by atomic mass is 19.4. The van der Waals surface area contributed by atoms with E-state index in [9.17, 15) is 18.0 Å². The van der Waals surface area contributed by atoms with E-state index >= 15 is 0 Å². The Balaban J connectivity index is 2.04. The highest BCUT2D eigenvalue weighted by Crippen LogP contribution is 2.30. The summed E-state index contributed by atoms with van der Waals surface area (Å²) >= 11 is 0. The zero-order valence-electron chi connectivity index (χ0n) is 12.0. The molecule has 1 aromatic rings. The largest absolute Gasteiger partial charge is 0.433 e. The second-order valence-corrected chi connectivity index (χ2v) is 5.37. The number of rotatable bonds is 2. The van der Waals surface area contributed by atoms with Crippen molar-refractivity contribution in [3.05, 3.63) is 23.9 Å². The van der Waals surface area contributed by atoms with Crippen LogP contribution in [0.1, 0.15) is 18.5 Å². The summed E-state index contributed by atoms with van der Waals surface area (Å²) in [5.74, 6) is 0.342. The van der Waals surface area contributed by atoms with Gasteiger partial charge in [-0.3, -0.25) is 4.79 Å². The van der Waals surface area contributed by atoms with Crippen molar-refractivity contribution in [1.82, 2.24) is 9.88 Å². The highest BCUT2D eigenvalue weighted by Gasteiger charge is 2.33. The van der Waals surface area contributed by atoms with Gasteiger partial charge in [0.2, 0.25) is 5.91 Å². The number of hydrogen-bond donors (Lipinski definition) is 0. The van der Waals surface area contributed by atoms with Gasteiger partial charge in [-0.1, -0.05) is 6.07 Å². The van der Waals surface area contributed by atoms with Crippen molar-refractivity contribution in [3.8, 4) is 0 Å². The molecule has 0 N–H and O–H groups in total. The van der Waals surface area contributed by atoms with E-state index in [1.807, 2.05) is 0 Å². The van der Waals surface area contributed by atoms with Crippen molar-refractivity contribution < 1.29 is 18.0 Å². The topological polar surface area (TPSA) is 36.4 Å². The predicted molar refractivity (Wildman–Crippen MR) is 72.9 cm³/mol. The molecule has 1 aromatic heterocycles. The molecule has 0 unspecified atom stereocenters. The molecule has 0 aliphatic carbocycles. The molecule has 2 rings (SSSR count). The van der Waals surface area contributed by atoms with Crippen LogP contribution in [0, 0.1) is 5.92 Å². The summed E-state index contributed by atoms with van der Waals surface area (Å²) in [5.41, 5.74) is -0.883. The normalized spacial score (nSPS) is 16.9. The molecule has 0 saturated carbocycles. The zero-order valence-corrected chi connectivity index (χ0v) is 12.0. The molecule has 0 spiro atoms. The lowest BCUT2D eigenvalue weighted by Crippen LogP contribution is -2.40. The lowest BCUT2D eigenvalue weighted by Gasteiger charge is -2.33. The SMILES string of the molecule is CN(C)C(=O)C1CCN(c2cccc(C(F)(F)F)n2)CC1. The average Bonchev–Trinajstić information content (AvgIpc) is 2.46. The maximum Gasteiger partial charge on any atom is 0.433 e. The zero-order chi connectivity index (χ0) is 15.6. The smallest absolute Gasteiger partial charge is 0.357 e. The predicted octanol–water partition coefficient (Wildman–Crippen LogP) is 2.41. The lowest BCUT2D eigenvalue weighted by molar-refractivity contribution is -0.141. The lowest BCUT2D eigenvalue weighted by atomic mass is 9.95. The third kappa shape index (κ3) is 3.65. The standard InChI is InChI=1S/C14H18F3N3O/c1-19(2)13(21)10-6-8-20(9-7-10)12-5-3-4-11(18-12)14(15,16)17/h3-5,10H,6-9H2,1-2H3. The molecule has 0 bridgehead atoms. The van der Waals surface area contributed by atoms with Gasteiger partial charge in [0.15, 0.2) is 0 Å². The van der Waals surface area contributed by atoms with Crippen LogP contribution < -0.4 is 4.90 Å². The van der Waals surface area contributed by atoms with Gasteiger partial charge in [-0.15, -0.1) is 0 Å². The molecular weight excluding hydrogens is 283 g/mol. The van der Waals surface area contributed by atoms with Crippen LogP contribution in [-0.4, -0.2) is 43.0 Å². The van der Waals surface area contributed by atoms with E-state index in [4.69, 9.17) is 0 Å². The van der Waals surface area contributed by atoms with Gasteiger partial charge in [0.1, 0.15) is 11.5 Å². The third-order valence-corrected chi connectivity index (χ3v) is 3.63. The van der Waals surface area contributed by atoms with Gasteiger partial charge in [0, 0.05) is 33.1 Å². The fourth-order valence-electron chi connectivity index (χ4n) is 2.48. The number of anilines is 1. The molecule has 1 saturated heterocycles. The van der Waals surface area contributed by atoms with Crippen molar-refractivity contribution in [2.24, 2.45) is 5.92 Å². The maximum absolute atomic E-state index is 12.7. The van der Waals surface area contributed by atoms with Gasteiger partial charge in [0.05, 0.1) is 0 Å². The molecule has 0 atom stereocenters. The van der Waals surface area contributed by atoms with E-state index in [0.717, 1.165) is 6.07 Å². The minimum atomic E-state index is -4.44. The van der Waals surface area contributed by atoms with Crippen molar-refractivity contribution in [3.63, 3.8) is 0 Å². The fraction of sp³-hybridized carbons (Fsp3) is 0.571. The monoisotopic (exact) mass is 301 g/mol. The summed E-state index contributed by atoms with van der Waals surface area (Å²) in [6.07, 6.45) is -3.17. The van der Waals surface area contributed by atoms with Crippen LogP contribution in [-0.2, 0) is 11.0 Å². The molecule has 4 nitrogen and oxygen atoms in total. The highest BCUT2D eigenvalue weighted by molar-refractivity contribution is 5.78. The molecule has 21 heavy (non-hydrogen) atoms. The van der Waals surface area contributed by atoms with Gasteiger partial charge in [-0.25, -0.2) is 4.98 Å². The number of carbonyl (C=O) groups is 1. The average molecular weight is 301 g/mol. The number of nitrogens with zero attached hydrogens (tertiary/aromatic N) is 3. The Labute approximate surface area is 121 Å². The third-order valence-electron chi connectivity index (χ3n) is 3.63. The molecule has 116 valence electrons. The van der Waals surface area contributed by atoms with Crippen LogP contribution >= 0.6 is 0 Å². The minimum absolute atomic E-state index is 0.0537. The Hall–Kier alpha value is -1.79. The molecule has 1 aliphatic rings. The van der Waals surface area contributed by atoms with Crippen LogP contribution in [0.25, 0.3) is 0 Å². The summed E-state index contributed by atoms with van der Waals surface area (Å²) in [7, 11) is 3.42. The number of piperidine rings is 1. The molecule has 0 radical (unpaired) electrons. The quantitative estimate of drug-likeness (QED) is 0.841. The van der Waals surface area contributed by atoms with Crippen LogP contribution in [0.5, 0.6) is 0 Å². The van der Waals surface area contributed by atoms with Gasteiger partial charge in [-0.05, 0) is 25.0 Å².